The lowest BCUT2D eigenvalue weighted by atomic mass is 9.80. The number of benzene rings is 10. The van der Waals surface area contributed by atoms with Gasteiger partial charge in [0.05, 0.1) is 0 Å². The molecule has 0 aromatic heterocycles. The van der Waals surface area contributed by atoms with Gasteiger partial charge in [-0.15, -0.1) is 0 Å². The van der Waals surface area contributed by atoms with Gasteiger partial charge in [-0.25, -0.2) is 0 Å². The minimum atomic E-state index is -0.0809. The Labute approximate surface area is 309 Å². The van der Waals surface area contributed by atoms with Crippen LogP contribution < -0.4 is 0 Å². The van der Waals surface area contributed by atoms with E-state index < -0.39 is 0 Å². The van der Waals surface area contributed by atoms with Crippen LogP contribution in [0.4, 0.5) is 0 Å². The highest BCUT2D eigenvalue weighted by Crippen LogP contribution is 2.52. The molecule has 53 heavy (non-hydrogen) atoms. The van der Waals surface area contributed by atoms with Gasteiger partial charge in [-0.2, -0.15) is 0 Å². The van der Waals surface area contributed by atoms with E-state index in [0.717, 1.165) is 0 Å². The summed E-state index contributed by atoms with van der Waals surface area (Å²) in [5.74, 6) is 0. The van der Waals surface area contributed by atoms with Gasteiger partial charge in [0.1, 0.15) is 0 Å². The van der Waals surface area contributed by atoms with E-state index in [-0.39, 0.29) is 5.41 Å². The minimum Gasteiger partial charge on any atom is -0.0619 e. The van der Waals surface area contributed by atoms with Crippen LogP contribution in [0.25, 0.3) is 98.4 Å². The van der Waals surface area contributed by atoms with Gasteiger partial charge in [0.25, 0.3) is 0 Å². The quantitative estimate of drug-likeness (QED) is 0.129. The van der Waals surface area contributed by atoms with Crippen molar-refractivity contribution >= 4 is 53.9 Å². The highest BCUT2D eigenvalue weighted by atomic mass is 14.4. The summed E-state index contributed by atoms with van der Waals surface area (Å²) in [6.45, 7) is 4.75. The van der Waals surface area contributed by atoms with Gasteiger partial charge in [-0.3, -0.25) is 0 Å². The molecular formula is C53H36. The molecule has 0 amide bonds. The Morgan fingerprint density at radius 3 is 1.72 bits per heavy atom. The molecule has 0 aliphatic heterocycles. The minimum absolute atomic E-state index is 0.0809. The Morgan fingerprint density at radius 1 is 0.283 bits per heavy atom. The summed E-state index contributed by atoms with van der Waals surface area (Å²) in [5, 5.41) is 12.7. The van der Waals surface area contributed by atoms with Gasteiger partial charge in [0.2, 0.25) is 0 Å². The van der Waals surface area contributed by atoms with E-state index in [1.165, 1.54) is 109 Å². The van der Waals surface area contributed by atoms with Crippen LogP contribution in [0.3, 0.4) is 0 Å². The van der Waals surface area contributed by atoms with Gasteiger partial charge < -0.3 is 0 Å². The molecule has 11 rings (SSSR count). The Morgan fingerprint density at radius 2 is 0.849 bits per heavy atom. The molecule has 10 aromatic rings. The maximum atomic E-state index is 2.48. The maximum Gasteiger partial charge on any atom is 0.0159 e. The summed E-state index contributed by atoms with van der Waals surface area (Å²) in [6.07, 6.45) is 0. The van der Waals surface area contributed by atoms with E-state index in [1.807, 2.05) is 0 Å². The zero-order chi connectivity index (χ0) is 35.3. The average Bonchev–Trinajstić information content (AvgIpc) is 3.44. The summed E-state index contributed by atoms with van der Waals surface area (Å²) in [5.41, 5.74) is 13.0. The third kappa shape index (κ3) is 4.42. The molecule has 0 heteroatoms. The van der Waals surface area contributed by atoms with Gasteiger partial charge in [-0.05, 0) is 128 Å². The fourth-order valence-electron chi connectivity index (χ4n) is 9.45. The van der Waals surface area contributed by atoms with Crippen molar-refractivity contribution in [3.05, 3.63) is 193 Å². The Balaban J connectivity index is 1.25. The number of rotatable bonds is 3. The molecule has 0 saturated heterocycles. The van der Waals surface area contributed by atoms with Crippen LogP contribution in [0.15, 0.2) is 182 Å². The van der Waals surface area contributed by atoms with Crippen LogP contribution in [-0.2, 0) is 5.41 Å². The fraction of sp³-hybridized carbons (Fsp3) is 0.0566. The molecule has 10 aromatic carbocycles. The van der Waals surface area contributed by atoms with E-state index in [0.29, 0.717) is 0 Å². The predicted octanol–water partition coefficient (Wildman–Crippen LogP) is 14.8. The lowest BCUT2D eigenvalue weighted by molar-refractivity contribution is 0.660. The average molecular weight is 673 g/mol. The van der Waals surface area contributed by atoms with Crippen molar-refractivity contribution < 1.29 is 0 Å². The molecule has 0 fully saturated rings. The first-order valence-electron chi connectivity index (χ1n) is 18.7. The zero-order valence-electron chi connectivity index (χ0n) is 29.8. The predicted molar refractivity (Wildman–Crippen MR) is 228 cm³/mol. The Bertz CT molecular complexity index is 3140. The maximum absolute atomic E-state index is 2.48. The number of fused-ring (bicyclic) bond motifs is 9. The Kier molecular flexibility index (Phi) is 6.40. The van der Waals surface area contributed by atoms with Crippen molar-refractivity contribution in [3.63, 3.8) is 0 Å². The van der Waals surface area contributed by atoms with Crippen molar-refractivity contribution in [2.24, 2.45) is 0 Å². The van der Waals surface area contributed by atoms with Gasteiger partial charge in [0.15, 0.2) is 0 Å². The van der Waals surface area contributed by atoms with Crippen LogP contribution in [0, 0.1) is 0 Å². The smallest absolute Gasteiger partial charge is 0.0159 e. The van der Waals surface area contributed by atoms with Crippen LogP contribution in [0.5, 0.6) is 0 Å². The van der Waals surface area contributed by atoms with Crippen molar-refractivity contribution in [2.75, 3.05) is 0 Å². The van der Waals surface area contributed by atoms with Crippen LogP contribution in [-0.4, -0.2) is 0 Å². The third-order valence-electron chi connectivity index (χ3n) is 12.0. The molecule has 0 nitrogen and oxygen atoms in total. The molecule has 0 N–H and O–H groups in total. The van der Waals surface area contributed by atoms with Crippen LogP contribution >= 0.6 is 0 Å². The van der Waals surface area contributed by atoms with Crippen molar-refractivity contribution in [1.29, 1.82) is 0 Å². The molecule has 0 heterocycles. The molecule has 248 valence electrons. The molecular weight excluding hydrogens is 637 g/mol. The van der Waals surface area contributed by atoms with E-state index in [1.54, 1.807) is 0 Å². The van der Waals surface area contributed by atoms with Crippen molar-refractivity contribution in [1.82, 2.24) is 0 Å². The lowest BCUT2D eigenvalue weighted by Crippen LogP contribution is -2.14. The zero-order valence-corrected chi connectivity index (χ0v) is 29.8. The molecule has 0 radical (unpaired) electrons. The van der Waals surface area contributed by atoms with Crippen LogP contribution in [0.2, 0.25) is 0 Å². The second kappa shape index (κ2) is 11.2. The van der Waals surface area contributed by atoms with E-state index in [4.69, 9.17) is 0 Å². The number of hydrogen-bond donors (Lipinski definition) is 0. The summed E-state index contributed by atoms with van der Waals surface area (Å²) in [7, 11) is 0. The first-order chi connectivity index (χ1) is 26.0. The van der Waals surface area contributed by atoms with E-state index in [9.17, 15) is 0 Å². The molecule has 1 aliphatic rings. The van der Waals surface area contributed by atoms with Gasteiger partial charge in [0, 0.05) is 5.41 Å². The SMILES string of the molecule is CC1(C)c2ccccc2-c2ccc(-c3c4ccccc4c(-c4cccc5c4ccc4ccccc45)c4cc(-c5ccc6ccccc6c5)ccc34)cc21. The second-order valence-electron chi connectivity index (χ2n) is 15.2. The Hall–Kier alpha value is -6.50. The largest absolute Gasteiger partial charge is 0.0619 e. The first-order valence-corrected chi connectivity index (χ1v) is 18.7. The highest BCUT2D eigenvalue weighted by molar-refractivity contribution is 6.25. The lowest BCUT2D eigenvalue weighted by Gasteiger charge is -2.23. The standard InChI is InChI=1S/C53H36/c1-53(2)49-21-10-9-16-42(49)43-28-26-38(32-50(43)53)51-45-17-7-8-18-46(45)52(44-20-11-19-40-39-15-6-5-13-34(39)24-27-41(40)44)48-31-37(25-29-47(48)51)36-23-22-33-12-3-4-14-35(33)30-36/h3-32H,1-2H3. The molecule has 0 atom stereocenters. The second-order valence-corrected chi connectivity index (χ2v) is 15.2. The molecule has 0 spiro atoms. The molecule has 1 aliphatic carbocycles. The summed E-state index contributed by atoms with van der Waals surface area (Å²) in [4.78, 5) is 0. The summed E-state index contributed by atoms with van der Waals surface area (Å²) >= 11 is 0. The van der Waals surface area contributed by atoms with Gasteiger partial charge >= 0.3 is 0 Å². The topological polar surface area (TPSA) is 0 Å². The van der Waals surface area contributed by atoms with Crippen molar-refractivity contribution in [3.8, 4) is 44.5 Å². The third-order valence-corrected chi connectivity index (χ3v) is 12.0. The molecule has 0 unspecified atom stereocenters. The van der Waals surface area contributed by atoms with E-state index in [2.05, 4.69) is 196 Å². The number of hydrogen-bond acceptors (Lipinski definition) is 0. The van der Waals surface area contributed by atoms with E-state index >= 15 is 0 Å². The molecule has 0 saturated carbocycles. The monoisotopic (exact) mass is 672 g/mol. The van der Waals surface area contributed by atoms with Gasteiger partial charge in [-0.1, -0.05) is 178 Å². The summed E-state index contributed by atoms with van der Waals surface area (Å²) < 4.78 is 0. The van der Waals surface area contributed by atoms with Crippen molar-refractivity contribution in [2.45, 2.75) is 19.3 Å². The van der Waals surface area contributed by atoms with Crippen LogP contribution in [0.1, 0.15) is 25.0 Å². The summed E-state index contributed by atoms with van der Waals surface area (Å²) in [6, 6.07) is 68.1. The normalized spacial score (nSPS) is 13.2. The molecule has 0 bridgehead atoms. The first kappa shape index (κ1) is 30.2. The fourth-order valence-corrected chi connectivity index (χ4v) is 9.45. The highest BCUT2D eigenvalue weighted by Gasteiger charge is 2.35.